The second-order valence-corrected chi connectivity index (χ2v) is 8.44. The normalized spacial score (nSPS) is 12.0. The molecule has 1 aromatic heterocycles. The fourth-order valence-electron chi connectivity index (χ4n) is 3.76. The molecule has 5 nitrogen and oxygen atoms in total. The maximum absolute atomic E-state index is 12.6. The van der Waals surface area contributed by atoms with Gasteiger partial charge >= 0.3 is 0 Å². The number of nitrogens with zero attached hydrogens (tertiary/aromatic N) is 2. The van der Waals surface area contributed by atoms with E-state index in [0.717, 1.165) is 16.9 Å². The second-order valence-electron chi connectivity index (χ2n) is 8.01. The Balaban J connectivity index is 1.54. The average molecular weight is 448 g/mol. The van der Waals surface area contributed by atoms with E-state index in [9.17, 15) is 4.79 Å². The summed E-state index contributed by atoms with van der Waals surface area (Å²) in [6.07, 6.45) is 0. The SMILES string of the molecule is Cc1ccc(C)c(Cn2c(C(C)NC(=O)COc3ccc(Cl)cc3)nc3ccccc32)c1. The monoisotopic (exact) mass is 447 g/mol. The molecule has 0 saturated heterocycles. The maximum atomic E-state index is 12.6. The molecule has 0 radical (unpaired) electrons. The van der Waals surface area contributed by atoms with Gasteiger partial charge in [0.05, 0.1) is 17.1 Å². The molecule has 6 heteroatoms. The third kappa shape index (κ3) is 4.94. The summed E-state index contributed by atoms with van der Waals surface area (Å²) in [4.78, 5) is 17.4. The third-order valence-corrected chi connectivity index (χ3v) is 5.72. The van der Waals surface area contributed by atoms with Gasteiger partial charge in [0.2, 0.25) is 0 Å². The molecule has 1 unspecified atom stereocenters. The molecule has 164 valence electrons. The number of carbonyl (C=O) groups is 1. The van der Waals surface area contributed by atoms with Crippen molar-refractivity contribution in [3.63, 3.8) is 0 Å². The molecule has 1 amide bonds. The molecule has 0 spiro atoms. The maximum Gasteiger partial charge on any atom is 0.258 e. The van der Waals surface area contributed by atoms with Gasteiger partial charge in [-0.3, -0.25) is 4.79 Å². The standard InChI is InChI=1S/C26H26ClN3O2/c1-17-8-9-18(2)20(14-17)15-30-24-7-5-4-6-23(24)29-26(30)19(3)28-25(31)16-32-22-12-10-21(27)11-13-22/h4-14,19H,15-16H2,1-3H3,(H,28,31). The lowest BCUT2D eigenvalue weighted by Crippen LogP contribution is -2.32. The predicted molar refractivity (Wildman–Crippen MR) is 128 cm³/mol. The highest BCUT2D eigenvalue weighted by atomic mass is 35.5. The molecule has 0 bridgehead atoms. The molecule has 3 aromatic carbocycles. The Morgan fingerprint density at radius 3 is 2.62 bits per heavy atom. The van der Waals surface area contributed by atoms with E-state index in [2.05, 4.69) is 48.0 Å². The van der Waals surface area contributed by atoms with Gasteiger partial charge in [0.15, 0.2) is 6.61 Å². The number of imidazole rings is 1. The number of hydrogen-bond acceptors (Lipinski definition) is 3. The lowest BCUT2D eigenvalue weighted by molar-refractivity contribution is -0.123. The molecule has 0 aliphatic carbocycles. The van der Waals surface area contributed by atoms with E-state index in [-0.39, 0.29) is 18.6 Å². The highest BCUT2D eigenvalue weighted by Gasteiger charge is 2.19. The summed E-state index contributed by atoms with van der Waals surface area (Å²) >= 11 is 5.89. The van der Waals surface area contributed by atoms with Gasteiger partial charge in [0.25, 0.3) is 5.91 Å². The van der Waals surface area contributed by atoms with E-state index in [4.69, 9.17) is 21.3 Å². The van der Waals surface area contributed by atoms with E-state index in [1.807, 2.05) is 25.1 Å². The molecular weight excluding hydrogens is 422 g/mol. The second kappa shape index (κ2) is 9.45. The first-order valence-corrected chi connectivity index (χ1v) is 11.0. The van der Waals surface area contributed by atoms with E-state index < -0.39 is 0 Å². The molecule has 0 saturated carbocycles. The fraction of sp³-hybridized carbons (Fsp3) is 0.231. The minimum atomic E-state index is -0.283. The number of aromatic nitrogens is 2. The van der Waals surface area contributed by atoms with Crippen molar-refractivity contribution in [1.29, 1.82) is 0 Å². The number of halogens is 1. The molecule has 1 atom stereocenters. The zero-order valence-corrected chi connectivity index (χ0v) is 19.2. The lowest BCUT2D eigenvalue weighted by atomic mass is 10.1. The highest BCUT2D eigenvalue weighted by Crippen LogP contribution is 2.24. The topological polar surface area (TPSA) is 56.2 Å². The van der Waals surface area contributed by atoms with Crippen LogP contribution < -0.4 is 10.1 Å². The Morgan fingerprint density at radius 1 is 1.09 bits per heavy atom. The van der Waals surface area contributed by atoms with Gasteiger partial charge in [0.1, 0.15) is 11.6 Å². The minimum absolute atomic E-state index is 0.0802. The third-order valence-electron chi connectivity index (χ3n) is 5.47. The van der Waals surface area contributed by atoms with E-state index in [1.165, 1.54) is 16.7 Å². The summed E-state index contributed by atoms with van der Waals surface area (Å²) in [6.45, 7) is 6.77. The summed E-state index contributed by atoms with van der Waals surface area (Å²) in [5.41, 5.74) is 5.64. The van der Waals surface area contributed by atoms with Crippen molar-refractivity contribution < 1.29 is 9.53 Å². The van der Waals surface area contributed by atoms with Crippen LogP contribution in [0.25, 0.3) is 11.0 Å². The number of amides is 1. The molecule has 0 fully saturated rings. The summed E-state index contributed by atoms with van der Waals surface area (Å²) in [5.74, 6) is 1.20. The lowest BCUT2D eigenvalue weighted by Gasteiger charge is -2.18. The van der Waals surface area contributed by atoms with Gasteiger partial charge in [-0.1, -0.05) is 47.5 Å². The van der Waals surface area contributed by atoms with E-state index in [1.54, 1.807) is 24.3 Å². The number of rotatable bonds is 7. The summed E-state index contributed by atoms with van der Waals surface area (Å²) < 4.78 is 7.76. The van der Waals surface area contributed by atoms with Crippen LogP contribution in [0.4, 0.5) is 0 Å². The van der Waals surface area contributed by atoms with Crippen LogP contribution in [0.2, 0.25) is 5.02 Å². The molecule has 0 aliphatic heterocycles. The quantitative estimate of drug-likeness (QED) is 0.400. The molecule has 32 heavy (non-hydrogen) atoms. The summed E-state index contributed by atoms with van der Waals surface area (Å²) in [6, 6.07) is 21.2. The van der Waals surface area contributed by atoms with Crippen molar-refractivity contribution in [3.05, 3.63) is 94.3 Å². The molecule has 1 N–H and O–H groups in total. The minimum Gasteiger partial charge on any atom is -0.484 e. The van der Waals surface area contributed by atoms with Crippen molar-refractivity contribution in [2.45, 2.75) is 33.4 Å². The van der Waals surface area contributed by atoms with Crippen LogP contribution in [-0.4, -0.2) is 22.1 Å². The zero-order chi connectivity index (χ0) is 22.7. The van der Waals surface area contributed by atoms with Crippen molar-refractivity contribution in [1.82, 2.24) is 14.9 Å². The molecule has 0 aliphatic rings. The highest BCUT2D eigenvalue weighted by molar-refractivity contribution is 6.30. The Bertz CT molecular complexity index is 1250. The van der Waals surface area contributed by atoms with Crippen LogP contribution >= 0.6 is 11.6 Å². The number of ether oxygens (including phenoxy) is 1. The molecule has 4 rings (SSSR count). The number of carbonyl (C=O) groups excluding carboxylic acids is 1. The van der Waals surface area contributed by atoms with Crippen molar-refractivity contribution in [2.75, 3.05) is 6.61 Å². The van der Waals surface area contributed by atoms with Crippen LogP contribution in [0.5, 0.6) is 5.75 Å². The number of fused-ring (bicyclic) bond motifs is 1. The van der Waals surface area contributed by atoms with Gasteiger partial charge in [-0.2, -0.15) is 0 Å². The number of aryl methyl sites for hydroxylation is 2. The van der Waals surface area contributed by atoms with Crippen LogP contribution in [0.15, 0.2) is 66.7 Å². The fourth-order valence-corrected chi connectivity index (χ4v) is 3.89. The number of hydrogen-bond donors (Lipinski definition) is 1. The Morgan fingerprint density at radius 2 is 1.84 bits per heavy atom. The molecule has 4 aromatic rings. The smallest absolute Gasteiger partial charge is 0.258 e. The number of para-hydroxylation sites is 2. The first-order chi connectivity index (χ1) is 15.4. The van der Waals surface area contributed by atoms with E-state index in [0.29, 0.717) is 17.3 Å². The van der Waals surface area contributed by atoms with Gasteiger partial charge in [-0.05, 0) is 68.3 Å². The average Bonchev–Trinajstić information content (AvgIpc) is 3.14. The summed E-state index contributed by atoms with van der Waals surface area (Å²) in [5, 5.41) is 3.64. The summed E-state index contributed by atoms with van der Waals surface area (Å²) in [7, 11) is 0. The Kier molecular flexibility index (Phi) is 6.47. The van der Waals surface area contributed by atoms with Crippen LogP contribution in [-0.2, 0) is 11.3 Å². The van der Waals surface area contributed by atoms with Gasteiger partial charge < -0.3 is 14.6 Å². The van der Waals surface area contributed by atoms with Gasteiger partial charge in [0, 0.05) is 11.6 Å². The van der Waals surface area contributed by atoms with Gasteiger partial charge in [-0.15, -0.1) is 0 Å². The van der Waals surface area contributed by atoms with E-state index >= 15 is 0 Å². The first kappa shape index (κ1) is 21.9. The Labute approximate surface area is 193 Å². The van der Waals surface area contributed by atoms with Crippen LogP contribution in [0.1, 0.15) is 35.5 Å². The van der Waals surface area contributed by atoms with Crippen molar-refractivity contribution in [2.24, 2.45) is 0 Å². The molecule has 1 heterocycles. The first-order valence-electron chi connectivity index (χ1n) is 10.6. The zero-order valence-electron chi connectivity index (χ0n) is 18.4. The van der Waals surface area contributed by atoms with Gasteiger partial charge in [-0.25, -0.2) is 4.98 Å². The largest absolute Gasteiger partial charge is 0.484 e. The van der Waals surface area contributed by atoms with Crippen molar-refractivity contribution >= 4 is 28.5 Å². The van der Waals surface area contributed by atoms with Crippen LogP contribution in [0, 0.1) is 13.8 Å². The Hall–Kier alpha value is -3.31. The number of benzene rings is 3. The van der Waals surface area contributed by atoms with Crippen LogP contribution in [0.3, 0.4) is 0 Å². The number of nitrogens with one attached hydrogen (secondary N) is 1. The molecular formula is C26H26ClN3O2. The van der Waals surface area contributed by atoms with Crippen molar-refractivity contribution in [3.8, 4) is 5.75 Å². The predicted octanol–water partition coefficient (Wildman–Crippen LogP) is 5.61.